The first-order chi connectivity index (χ1) is 16.0. The predicted molar refractivity (Wildman–Crippen MR) is 129 cm³/mol. The van der Waals surface area contributed by atoms with Gasteiger partial charge in [-0.1, -0.05) is 29.8 Å². The molecule has 1 aliphatic rings. The SMILES string of the molecule is Cc1ccc(Nc2nc(C)cc(N3CCN(C(=O)c4cnc5ccccc5n4)CC3)n2)cc1. The van der Waals surface area contributed by atoms with Crippen molar-refractivity contribution < 1.29 is 4.79 Å². The number of carbonyl (C=O) groups excluding carboxylic acids is 1. The van der Waals surface area contributed by atoms with E-state index in [2.05, 4.69) is 44.2 Å². The summed E-state index contributed by atoms with van der Waals surface area (Å²) in [6, 6.07) is 17.7. The maximum absolute atomic E-state index is 13.0. The third-order valence-corrected chi connectivity index (χ3v) is 5.71. The van der Waals surface area contributed by atoms with Gasteiger partial charge in [-0.05, 0) is 38.1 Å². The second-order valence-corrected chi connectivity index (χ2v) is 8.21. The highest BCUT2D eigenvalue weighted by atomic mass is 16.2. The summed E-state index contributed by atoms with van der Waals surface area (Å²) in [4.78, 5) is 35.1. The summed E-state index contributed by atoms with van der Waals surface area (Å²) < 4.78 is 0. The van der Waals surface area contributed by atoms with Gasteiger partial charge in [-0.15, -0.1) is 0 Å². The molecule has 0 radical (unpaired) electrons. The smallest absolute Gasteiger partial charge is 0.274 e. The standard InChI is InChI=1S/C25H25N7O/c1-17-7-9-19(10-8-17)28-25-27-18(2)15-23(30-25)31-11-13-32(14-12-31)24(33)22-16-26-20-5-3-4-6-21(20)29-22/h3-10,15-16H,11-14H2,1-2H3,(H,27,28,30). The first kappa shape index (κ1) is 20.8. The van der Waals surface area contributed by atoms with Crippen LogP contribution in [0.3, 0.4) is 0 Å². The van der Waals surface area contributed by atoms with Gasteiger partial charge in [-0.25, -0.2) is 9.97 Å². The number of hydrogen-bond donors (Lipinski definition) is 1. The lowest BCUT2D eigenvalue weighted by atomic mass is 10.2. The molecule has 0 atom stereocenters. The van der Waals surface area contributed by atoms with Crippen molar-refractivity contribution in [2.24, 2.45) is 0 Å². The minimum Gasteiger partial charge on any atom is -0.353 e. The number of fused-ring (bicyclic) bond motifs is 1. The molecule has 0 aliphatic carbocycles. The van der Waals surface area contributed by atoms with E-state index in [4.69, 9.17) is 4.98 Å². The van der Waals surface area contributed by atoms with Gasteiger partial charge in [0, 0.05) is 43.6 Å². The van der Waals surface area contributed by atoms with Crippen molar-refractivity contribution >= 4 is 34.4 Å². The molecule has 1 saturated heterocycles. The topological polar surface area (TPSA) is 87.1 Å². The number of nitrogens with one attached hydrogen (secondary N) is 1. The number of amides is 1. The predicted octanol–water partition coefficient (Wildman–Crippen LogP) is 3.74. The van der Waals surface area contributed by atoms with E-state index >= 15 is 0 Å². The van der Waals surface area contributed by atoms with Gasteiger partial charge in [0.2, 0.25) is 5.95 Å². The highest BCUT2D eigenvalue weighted by Gasteiger charge is 2.24. The lowest BCUT2D eigenvalue weighted by molar-refractivity contribution is 0.0740. The van der Waals surface area contributed by atoms with Crippen molar-refractivity contribution in [3.05, 3.63) is 77.7 Å². The van der Waals surface area contributed by atoms with Gasteiger partial charge < -0.3 is 15.1 Å². The summed E-state index contributed by atoms with van der Waals surface area (Å²) in [5.41, 5.74) is 4.93. The number of nitrogens with zero attached hydrogens (tertiary/aromatic N) is 6. The second kappa shape index (κ2) is 8.82. The van der Waals surface area contributed by atoms with Crippen LogP contribution in [0.25, 0.3) is 11.0 Å². The van der Waals surface area contributed by atoms with Gasteiger partial charge in [0.05, 0.1) is 17.2 Å². The van der Waals surface area contributed by atoms with Crippen LogP contribution in [0.4, 0.5) is 17.5 Å². The van der Waals surface area contributed by atoms with Crippen LogP contribution in [-0.4, -0.2) is 56.9 Å². The van der Waals surface area contributed by atoms with Gasteiger partial charge >= 0.3 is 0 Å². The van der Waals surface area contributed by atoms with Crippen molar-refractivity contribution in [3.63, 3.8) is 0 Å². The molecule has 1 N–H and O–H groups in total. The molecule has 8 heteroatoms. The fraction of sp³-hybridized carbons (Fsp3) is 0.240. The summed E-state index contributed by atoms with van der Waals surface area (Å²) >= 11 is 0. The Morgan fingerprint density at radius 3 is 2.36 bits per heavy atom. The number of anilines is 3. The number of piperazine rings is 1. The quantitative estimate of drug-likeness (QED) is 0.518. The molecule has 1 amide bonds. The van der Waals surface area contributed by atoms with E-state index in [1.54, 1.807) is 6.20 Å². The van der Waals surface area contributed by atoms with Crippen LogP contribution >= 0.6 is 0 Å². The molecular weight excluding hydrogens is 414 g/mol. The minimum atomic E-state index is -0.0894. The van der Waals surface area contributed by atoms with E-state index in [0.717, 1.165) is 28.2 Å². The Labute approximate surface area is 192 Å². The fourth-order valence-electron chi connectivity index (χ4n) is 3.90. The summed E-state index contributed by atoms with van der Waals surface area (Å²) in [6.45, 7) is 6.58. The zero-order chi connectivity index (χ0) is 22.8. The van der Waals surface area contributed by atoms with Gasteiger partial charge in [0.15, 0.2) is 0 Å². The van der Waals surface area contributed by atoms with E-state index in [1.165, 1.54) is 5.56 Å². The molecule has 8 nitrogen and oxygen atoms in total. The van der Waals surface area contributed by atoms with E-state index in [-0.39, 0.29) is 5.91 Å². The van der Waals surface area contributed by atoms with Gasteiger partial charge in [0.1, 0.15) is 11.5 Å². The summed E-state index contributed by atoms with van der Waals surface area (Å²) in [6.07, 6.45) is 1.56. The Kier molecular flexibility index (Phi) is 5.56. The van der Waals surface area contributed by atoms with Crippen LogP contribution in [0.2, 0.25) is 0 Å². The second-order valence-electron chi connectivity index (χ2n) is 8.21. The van der Waals surface area contributed by atoms with E-state index in [1.807, 2.05) is 54.3 Å². The molecule has 0 unspecified atom stereocenters. The van der Waals surface area contributed by atoms with Gasteiger partial charge in [-0.3, -0.25) is 9.78 Å². The first-order valence-electron chi connectivity index (χ1n) is 11.0. The molecule has 2 aromatic carbocycles. The third-order valence-electron chi connectivity index (χ3n) is 5.71. The van der Waals surface area contributed by atoms with Crippen LogP contribution in [0.1, 0.15) is 21.7 Å². The molecule has 4 aromatic rings. The van der Waals surface area contributed by atoms with Crippen LogP contribution in [0.5, 0.6) is 0 Å². The summed E-state index contributed by atoms with van der Waals surface area (Å²) in [5.74, 6) is 1.34. The van der Waals surface area contributed by atoms with Crippen molar-refractivity contribution in [2.75, 3.05) is 36.4 Å². The van der Waals surface area contributed by atoms with E-state index in [9.17, 15) is 4.79 Å². The number of aryl methyl sites for hydroxylation is 2. The molecule has 2 aromatic heterocycles. The van der Waals surface area contributed by atoms with Gasteiger partial charge in [-0.2, -0.15) is 4.98 Å². The van der Waals surface area contributed by atoms with Crippen molar-refractivity contribution in [2.45, 2.75) is 13.8 Å². The minimum absolute atomic E-state index is 0.0894. The average molecular weight is 440 g/mol. The number of para-hydroxylation sites is 2. The molecule has 1 fully saturated rings. The van der Waals surface area contributed by atoms with Crippen LogP contribution < -0.4 is 10.2 Å². The maximum Gasteiger partial charge on any atom is 0.274 e. The number of benzene rings is 2. The van der Waals surface area contributed by atoms with E-state index < -0.39 is 0 Å². The Balaban J connectivity index is 1.27. The number of rotatable bonds is 4. The van der Waals surface area contributed by atoms with Crippen molar-refractivity contribution in [1.82, 2.24) is 24.8 Å². The Morgan fingerprint density at radius 1 is 0.879 bits per heavy atom. The molecule has 33 heavy (non-hydrogen) atoms. The number of aromatic nitrogens is 4. The molecule has 5 rings (SSSR count). The largest absolute Gasteiger partial charge is 0.353 e. The highest BCUT2D eigenvalue weighted by molar-refractivity contribution is 5.94. The highest BCUT2D eigenvalue weighted by Crippen LogP contribution is 2.20. The van der Waals surface area contributed by atoms with Crippen molar-refractivity contribution in [3.8, 4) is 0 Å². The Hall–Kier alpha value is -4.07. The number of carbonyl (C=O) groups is 1. The van der Waals surface area contributed by atoms with Crippen molar-refractivity contribution in [1.29, 1.82) is 0 Å². The molecule has 166 valence electrons. The van der Waals surface area contributed by atoms with Crippen LogP contribution in [0.15, 0.2) is 60.8 Å². The lowest BCUT2D eigenvalue weighted by Gasteiger charge is -2.35. The summed E-state index contributed by atoms with van der Waals surface area (Å²) in [5, 5.41) is 3.29. The normalized spacial score (nSPS) is 13.9. The molecular formula is C25H25N7O. The molecule has 0 saturated carbocycles. The molecule has 0 bridgehead atoms. The first-order valence-corrected chi connectivity index (χ1v) is 11.0. The fourth-order valence-corrected chi connectivity index (χ4v) is 3.90. The average Bonchev–Trinajstić information content (AvgIpc) is 2.84. The summed E-state index contributed by atoms with van der Waals surface area (Å²) in [7, 11) is 0. The zero-order valence-electron chi connectivity index (χ0n) is 18.7. The van der Waals surface area contributed by atoms with Crippen LogP contribution in [-0.2, 0) is 0 Å². The number of hydrogen-bond acceptors (Lipinski definition) is 7. The molecule has 0 spiro atoms. The Morgan fingerprint density at radius 2 is 1.61 bits per heavy atom. The molecule has 3 heterocycles. The zero-order valence-corrected chi connectivity index (χ0v) is 18.7. The van der Waals surface area contributed by atoms with Crippen LogP contribution in [0, 0.1) is 13.8 Å². The lowest BCUT2D eigenvalue weighted by Crippen LogP contribution is -2.49. The maximum atomic E-state index is 13.0. The molecule has 1 aliphatic heterocycles. The van der Waals surface area contributed by atoms with Gasteiger partial charge in [0.25, 0.3) is 5.91 Å². The third kappa shape index (κ3) is 4.59. The Bertz CT molecular complexity index is 1300. The monoisotopic (exact) mass is 439 g/mol. The van der Waals surface area contributed by atoms with E-state index in [0.29, 0.717) is 37.8 Å².